The van der Waals surface area contributed by atoms with Crippen LogP contribution in [0.5, 0.6) is 5.75 Å². The van der Waals surface area contributed by atoms with Gasteiger partial charge in [-0.2, -0.15) is 0 Å². The molecule has 0 heterocycles. The van der Waals surface area contributed by atoms with Crippen molar-refractivity contribution in [3.8, 4) is 5.75 Å². The quantitative estimate of drug-likeness (QED) is 0.776. The third kappa shape index (κ3) is 2.22. The van der Waals surface area contributed by atoms with Crippen molar-refractivity contribution in [1.82, 2.24) is 0 Å². The molecule has 1 aromatic carbocycles. The standard InChI is InChI=1S/C14H20O2/c1-10(15)13-8-11-6-4-3-5-7-12(11)9-14(13)16-2/h8-10,15H,3-7H2,1-2H3. The molecule has 0 amide bonds. The predicted molar refractivity (Wildman–Crippen MR) is 64.9 cm³/mol. The van der Waals surface area contributed by atoms with E-state index in [-0.39, 0.29) is 0 Å². The Balaban J connectivity index is 2.44. The molecule has 1 aliphatic rings. The molecule has 1 aliphatic carbocycles. The predicted octanol–water partition coefficient (Wildman–Crippen LogP) is 3.02. The first-order valence-corrected chi connectivity index (χ1v) is 6.10. The summed E-state index contributed by atoms with van der Waals surface area (Å²) in [5, 5.41) is 9.73. The van der Waals surface area contributed by atoms with Crippen LogP contribution < -0.4 is 4.74 Å². The smallest absolute Gasteiger partial charge is 0.124 e. The van der Waals surface area contributed by atoms with Gasteiger partial charge in [-0.05, 0) is 55.9 Å². The number of benzene rings is 1. The maximum Gasteiger partial charge on any atom is 0.124 e. The molecule has 0 spiro atoms. The van der Waals surface area contributed by atoms with E-state index < -0.39 is 6.10 Å². The van der Waals surface area contributed by atoms with Gasteiger partial charge in [-0.15, -0.1) is 0 Å². The number of aliphatic hydroxyl groups is 1. The Hall–Kier alpha value is -1.02. The minimum absolute atomic E-state index is 0.455. The first-order chi connectivity index (χ1) is 7.72. The van der Waals surface area contributed by atoms with Crippen molar-refractivity contribution in [3.05, 3.63) is 28.8 Å². The molecular weight excluding hydrogens is 200 g/mol. The lowest BCUT2D eigenvalue weighted by molar-refractivity contribution is 0.194. The van der Waals surface area contributed by atoms with Crippen LogP contribution in [0.25, 0.3) is 0 Å². The third-order valence-electron chi connectivity index (χ3n) is 3.39. The highest BCUT2D eigenvalue weighted by molar-refractivity contribution is 5.44. The van der Waals surface area contributed by atoms with E-state index in [1.807, 2.05) is 0 Å². The van der Waals surface area contributed by atoms with Gasteiger partial charge in [0.15, 0.2) is 0 Å². The van der Waals surface area contributed by atoms with Crippen LogP contribution in [0.2, 0.25) is 0 Å². The van der Waals surface area contributed by atoms with Crippen LogP contribution in [0.15, 0.2) is 12.1 Å². The number of fused-ring (bicyclic) bond motifs is 1. The molecule has 2 heteroatoms. The molecule has 0 aliphatic heterocycles. The van der Waals surface area contributed by atoms with Crippen LogP contribution in [0.1, 0.15) is 49.0 Å². The van der Waals surface area contributed by atoms with E-state index in [0.29, 0.717) is 0 Å². The fraction of sp³-hybridized carbons (Fsp3) is 0.571. The molecule has 0 aromatic heterocycles. The lowest BCUT2D eigenvalue weighted by Gasteiger charge is -2.15. The maximum absolute atomic E-state index is 9.73. The molecule has 2 nitrogen and oxygen atoms in total. The minimum atomic E-state index is -0.455. The van der Waals surface area contributed by atoms with E-state index in [0.717, 1.165) is 24.2 Å². The normalized spacial score (nSPS) is 17.4. The fourth-order valence-corrected chi connectivity index (χ4v) is 2.46. The van der Waals surface area contributed by atoms with Crippen molar-refractivity contribution >= 4 is 0 Å². The summed E-state index contributed by atoms with van der Waals surface area (Å²) < 4.78 is 5.35. The molecule has 0 saturated heterocycles. The van der Waals surface area contributed by atoms with Crippen molar-refractivity contribution in [2.45, 2.75) is 45.1 Å². The number of hydrogen-bond donors (Lipinski definition) is 1. The van der Waals surface area contributed by atoms with Crippen molar-refractivity contribution < 1.29 is 9.84 Å². The molecule has 1 aromatic rings. The second-order valence-corrected chi connectivity index (χ2v) is 4.60. The molecule has 0 saturated carbocycles. The van der Waals surface area contributed by atoms with Gasteiger partial charge in [-0.3, -0.25) is 0 Å². The van der Waals surface area contributed by atoms with Gasteiger partial charge in [0.2, 0.25) is 0 Å². The number of aliphatic hydroxyl groups excluding tert-OH is 1. The topological polar surface area (TPSA) is 29.5 Å². The van der Waals surface area contributed by atoms with Crippen molar-refractivity contribution in [1.29, 1.82) is 0 Å². The van der Waals surface area contributed by atoms with Crippen LogP contribution >= 0.6 is 0 Å². The van der Waals surface area contributed by atoms with E-state index in [4.69, 9.17) is 4.74 Å². The Bertz CT molecular complexity index is 369. The summed E-state index contributed by atoms with van der Waals surface area (Å²) in [7, 11) is 1.67. The summed E-state index contributed by atoms with van der Waals surface area (Å²) in [6.45, 7) is 1.79. The summed E-state index contributed by atoms with van der Waals surface area (Å²) >= 11 is 0. The van der Waals surface area contributed by atoms with Crippen LogP contribution in [0.4, 0.5) is 0 Å². The molecular formula is C14H20O2. The summed E-state index contributed by atoms with van der Waals surface area (Å²) in [5.41, 5.74) is 3.72. The summed E-state index contributed by atoms with van der Waals surface area (Å²) in [4.78, 5) is 0. The summed E-state index contributed by atoms with van der Waals surface area (Å²) in [6, 6.07) is 4.24. The molecule has 2 rings (SSSR count). The molecule has 0 bridgehead atoms. The second-order valence-electron chi connectivity index (χ2n) is 4.60. The van der Waals surface area contributed by atoms with Gasteiger partial charge in [0.05, 0.1) is 13.2 Å². The lowest BCUT2D eigenvalue weighted by atomic mass is 9.97. The van der Waals surface area contributed by atoms with Gasteiger partial charge in [0, 0.05) is 5.56 Å². The zero-order valence-corrected chi connectivity index (χ0v) is 10.1. The zero-order valence-electron chi connectivity index (χ0n) is 10.1. The molecule has 88 valence electrons. The largest absolute Gasteiger partial charge is 0.496 e. The van der Waals surface area contributed by atoms with Gasteiger partial charge in [0.25, 0.3) is 0 Å². The van der Waals surface area contributed by atoms with Crippen molar-refractivity contribution in [2.75, 3.05) is 7.11 Å². The summed E-state index contributed by atoms with van der Waals surface area (Å²) in [6.07, 6.45) is 5.66. The average molecular weight is 220 g/mol. The fourth-order valence-electron chi connectivity index (χ4n) is 2.46. The second kappa shape index (κ2) is 4.88. The van der Waals surface area contributed by atoms with E-state index in [2.05, 4.69) is 12.1 Å². The van der Waals surface area contributed by atoms with Crippen molar-refractivity contribution in [2.24, 2.45) is 0 Å². The van der Waals surface area contributed by atoms with Gasteiger partial charge in [0.1, 0.15) is 5.75 Å². The first-order valence-electron chi connectivity index (χ1n) is 6.10. The number of aryl methyl sites for hydroxylation is 2. The molecule has 0 radical (unpaired) electrons. The maximum atomic E-state index is 9.73. The lowest BCUT2D eigenvalue weighted by Crippen LogP contribution is -2.01. The molecule has 0 fully saturated rings. The van der Waals surface area contributed by atoms with Gasteiger partial charge in [-0.25, -0.2) is 0 Å². The van der Waals surface area contributed by atoms with Gasteiger partial charge in [-0.1, -0.05) is 6.42 Å². The van der Waals surface area contributed by atoms with Gasteiger partial charge < -0.3 is 9.84 Å². The number of hydrogen-bond acceptors (Lipinski definition) is 2. The van der Waals surface area contributed by atoms with Crippen LogP contribution in [-0.4, -0.2) is 12.2 Å². The Labute approximate surface area is 97.3 Å². The highest BCUT2D eigenvalue weighted by atomic mass is 16.5. The Kier molecular flexibility index (Phi) is 3.49. The van der Waals surface area contributed by atoms with Crippen LogP contribution in [0.3, 0.4) is 0 Å². The third-order valence-corrected chi connectivity index (χ3v) is 3.39. The molecule has 1 unspecified atom stereocenters. The van der Waals surface area contributed by atoms with Crippen LogP contribution in [0, 0.1) is 0 Å². The molecule has 1 N–H and O–H groups in total. The molecule has 1 atom stereocenters. The Morgan fingerprint density at radius 1 is 1.12 bits per heavy atom. The minimum Gasteiger partial charge on any atom is -0.496 e. The van der Waals surface area contributed by atoms with Gasteiger partial charge >= 0.3 is 0 Å². The average Bonchev–Trinajstić information content (AvgIpc) is 2.51. The first kappa shape index (κ1) is 11.5. The SMILES string of the molecule is COc1cc2c(cc1C(C)O)CCCCC2. The van der Waals surface area contributed by atoms with Crippen molar-refractivity contribution in [3.63, 3.8) is 0 Å². The van der Waals surface area contributed by atoms with Crippen LogP contribution in [-0.2, 0) is 12.8 Å². The van der Waals surface area contributed by atoms with E-state index in [1.54, 1.807) is 14.0 Å². The number of ether oxygens (including phenoxy) is 1. The highest BCUT2D eigenvalue weighted by Crippen LogP contribution is 2.31. The van der Waals surface area contributed by atoms with E-state index in [9.17, 15) is 5.11 Å². The summed E-state index contributed by atoms with van der Waals surface area (Å²) in [5.74, 6) is 0.829. The van der Waals surface area contributed by atoms with E-state index >= 15 is 0 Å². The monoisotopic (exact) mass is 220 g/mol. The highest BCUT2D eigenvalue weighted by Gasteiger charge is 2.15. The zero-order chi connectivity index (χ0) is 11.5. The number of methoxy groups -OCH3 is 1. The van der Waals surface area contributed by atoms with E-state index in [1.165, 1.54) is 30.4 Å². The number of rotatable bonds is 2. The molecule has 16 heavy (non-hydrogen) atoms. The Morgan fingerprint density at radius 3 is 2.31 bits per heavy atom. The Morgan fingerprint density at radius 2 is 1.75 bits per heavy atom.